The van der Waals surface area contributed by atoms with Crippen LogP contribution in [0.2, 0.25) is 0 Å². The first-order chi connectivity index (χ1) is 9.50. The van der Waals surface area contributed by atoms with Crippen LogP contribution in [0, 0.1) is 0 Å². The molecule has 1 amide bonds. The Bertz CT molecular complexity index is 434. The number of nitrogens with two attached hydrogens (primary N) is 1. The number of carbonyl (C=O) groups is 1. The van der Waals surface area contributed by atoms with Crippen LogP contribution in [0.25, 0.3) is 0 Å². The van der Waals surface area contributed by atoms with Crippen LogP contribution in [0.3, 0.4) is 0 Å². The van der Waals surface area contributed by atoms with E-state index in [9.17, 15) is 4.79 Å². The van der Waals surface area contributed by atoms with Crippen LogP contribution in [0.5, 0.6) is 0 Å². The largest absolute Gasteiger partial charge is 0.393 e. The van der Waals surface area contributed by atoms with Crippen molar-refractivity contribution in [1.82, 2.24) is 4.90 Å². The predicted octanol–water partition coefficient (Wildman–Crippen LogP) is 2.04. The molecule has 20 heavy (non-hydrogen) atoms. The van der Waals surface area contributed by atoms with Gasteiger partial charge < -0.3 is 15.5 Å². The highest BCUT2D eigenvalue weighted by molar-refractivity contribution is 7.80. The molecule has 0 bridgehead atoms. The van der Waals surface area contributed by atoms with E-state index in [0.29, 0.717) is 17.8 Å². The van der Waals surface area contributed by atoms with Gasteiger partial charge in [0.05, 0.1) is 4.99 Å². The highest BCUT2D eigenvalue weighted by atomic mass is 32.1. The van der Waals surface area contributed by atoms with E-state index in [0.717, 1.165) is 25.2 Å². The Labute approximate surface area is 126 Å². The average molecular weight is 293 g/mol. The monoisotopic (exact) mass is 293 g/mol. The van der Waals surface area contributed by atoms with E-state index in [4.69, 9.17) is 18.0 Å². The summed E-state index contributed by atoms with van der Waals surface area (Å²) in [6.07, 6.45) is 2.07. The van der Waals surface area contributed by atoms with Gasteiger partial charge in [-0.25, -0.2) is 0 Å². The molecule has 1 aromatic rings. The van der Waals surface area contributed by atoms with Gasteiger partial charge in [0.15, 0.2) is 0 Å². The molecule has 0 saturated carbocycles. The number of nitrogens with zero attached hydrogens (tertiary/aromatic N) is 2. The Morgan fingerprint density at radius 1 is 1.15 bits per heavy atom. The summed E-state index contributed by atoms with van der Waals surface area (Å²) in [5, 5.41) is 0. The lowest BCUT2D eigenvalue weighted by atomic mass is 10.2. The standard InChI is InChI=1S/C15H23N3OS/c1-17(2)15(19)9-6-11-18(12-10-14(16)20)13-7-4-3-5-8-13/h3-5,7-8H,6,9-12H2,1-2H3,(H2,16,20). The second-order valence-electron chi connectivity index (χ2n) is 4.93. The summed E-state index contributed by atoms with van der Waals surface area (Å²) in [4.78, 5) is 16.0. The number of amides is 1. The van der Waals surface area contributed by atoms with Gasteiger partial charge in [-0.1, -0.05) is 30.4 Å². The molecule has 2 N–H and O–H groups in total. The highest BCUT2D eigenvalue weighted by Crippen LogP contribution is 2.14. The topological polar surface area (TPSA) is 49.6 Å². The van der Waals surface area contributed by atoms with Gasteiger partial charge in [0, 0.05) is 45.7 Å². The first-order valence-electron chi connectivity index (χ1n) is 6.79. The number of hydrogen-bond donors (Lipinski definition) is 1. The van der Waals surface area contributed by atoms with Crippen LogP contribution in [0.4, 0.5) is 5.69 Å². The second kappa shape index (κ2) is 8.53. The van der Waals surface area contributed by atoms with E-state index < -0.39 is 0 Å². The van der Waals surface area contributed by atoms with E-state index in [1.54, 1.807) is 19.0 Å². The number of benzene rings is 1. The highest BCUT2D eigenvalue weighted by Gasteiger charge is 2.09. The van der Waals surface area contributed by atoms with Gasteiger partial charge in [-0.2, -0.15) is 0 Å². The molecule has 0 saturated heterocycles. The van der Waals surface area contributed by atoms with Gasteiger partial charge in [0.1, 0.15) is 0 Å². The molecule has 0 atom stereocenters. The second-order valence-corrected chi connectivity index (χ2v) is 5.46. The SMILES string of the molecule is CN(C)C(=O)CCCN(CCC(N)=S)c1ccccc1. The molecule has 0 aliphatic rings. The van der Waals surface area contributed by atoms with Crippen molar-refractivity contribution in [1.29, 1.82) is 0 Å². The lowest BCUT2D eigenvalue weighted by molar-refractivity contribution is -0.128. The van der Waals surface area contributed by atoms with Crippen molar-refractivity contribution in [2.24, 2.45) is 5.73 Å². The molecular weight excluding hydrogens is 270 g/mol. The summed E-state index contributed by atoms with van der Waals surface area (Å²) in [5.74, 6) is 0.160. The Morgan fingerprint density at radius 2 is 1.80 bits per heavy atom. The van der Waals surface area contributed by atoms with Crippen molar-refractivity contribution in [2.45, 2.75) is 19.3 Å². The van der Waals surface area contributed by atoms with Gasteiger partial charge in [-0.3, -0.25) is 4.79 Å². The van der Waals surface area contributed by atoms with Crippen LogP contribution in [-0.2, 0) is 4.79 Å². The smallest absolute Gasteiger partial charge is 0.222 e. The summed E-state index contributed by atoms with van der Waals surface area (Å²) >= 11 is 4.94. The summed E-state index contributed by atoms with van der Waals surface area (Å²) < 4.78 is 0. The molecular formula is C15H23N3OS. The molecule has 4 nitrogen and oxygen atoms in total. The first kappa shape index (κ1) is 16.4. The van der Waals surface area contributed by atoms with Crippen LogP contribution >= 0.6 is 12.2 Å². The lowest BCUT2D eigenvalue weighted by Gasteiger charge is -2.25. The Kier molecular flexibility index (Phi) is 7.01. The summed E-state index contributed by atoms with van der Waals surface area (Å²) in [6.45, 7) is 1.61. The molecule has 0 aromatic heterocycles. The fourth-order valence-electron chi connectivity index (χ4n) is 1.90. The number of rotatable bonds is 8. The zero-order valence-electron chi connectivity index (χ0n) is 12.2. The van der Waals surface area contributed by atoms with Crippen molar-refractivity contribution in [3.8, 4) is 0 Å². The van der Waals surface area contributed by atoms with Crippen molar-refractivity contribution < 1.29 is 4.79 Å². The van der Waals surface area contributed by atoms with E-state index >= 15 is 0 Å². The average Bonchev–Trinajstić information content (AvgIpc) is 2.42. The van der Waals surface area contributed by atoms with Crippen LogP contribution in [0.15, 0.2) is 30.3 Å². The summed E-state index contributed by atoms with van der Waals surface area (Å²) in [5.41, 5.74) is 6.72. The number of thiocarbonyl (C=S) groups is 1. The molecule has 110 valence electrons. The molecule has 0 fully saturated rings. The molecule has 1 rings (SSSR count). The molecule has 0 spiro atoms. The minimum atomic E-state index is 0.160. The van der Waals surface area contributed by atoms with Crippen LogP contribution < -0.4 is 10.6 Å². The van der Waals surface area contributed by atoms with Crippen molar-refractivity contribution >= 4 is 28.8 Å². The van der Waals surface area contributed by atoms with Crippen molar-refractivity contribution in [2.75, 3.05) is 32.1 Å². The molecule has 0 radical (unpaired) electrons. The van der Waals surface area contributed by atoms with Gasteiger partial charge in [-0.05, 0) is 18.6 Å². The van der Waals surface area contributed by atoms with Gasteiger partial charge in [-0.15, -0.1) is 0 Å². The predicted molar refractivity (Wildman–Crippen MR) is 88.0 cm³/mol. The molecule has 5 heteroatoms. The maximum atomic E-state index is 11.6. The molecule has 1 aromatic carbocycles. The van der Waals surface area contributed by atoms with Gasteiger partial charge in [0.25, 0.3) is 0 Å². The van der Waals surface area contributed by atoms with Gasteiger partial charge in [0.2, 0.25) is 5.91 Å². The quantitative estimate of drug-likeness (QED) is 0.745. The molecule has 0 aliphatic carbocycles. The van der Waals surface area contributed by atoms with Crippen molar-refractivity contribution in [3.05, 3.63) is 30.3 Å². The third-order valence-electron chi connectivity index (χ3n) is 3.07. The Hall–Kier alpha value is -1.62. The number of hydrogen-bond acceptors (Lipinski definition) is 3. The lowest BCUT2D eigenvalue weighted by Crippen LogP contribution is -2.30. The summed E-state index contributed by atoms with van der Waals surface area (Å²) in [6, 6.07) is 10.1. The number of carbonyl (C=O) groups excluding carboxylic acids is 1. The Morgan fingerprint density at radius 3 is 2.35 bits per heavy atom. The van der Waals surface area contributed by atoms with Crippen LogP contribution in [-0.4, -0.2) is 43.0 Å². The maximum absolute atomic E-state index is 11.6. The van der Waals surface area contributed by atoms with E-state index in [1.807, 2.05) is 18.2 Å². The van der Waals surface area contributed by atoms with Crippen LogP contribution in [0.1, 0.15) is 19.3 Å². The maximum Gasteiger partial charge on any atom is 0.222 e. The fourth-order valence-corrected chi connectivity index (χ4v) is 1.99. The molecule has 0 unspecified atom stereocenters. The normalized spacial score (nSPS) is 10.1. The van der Waals surface area contributed by atoms with Gasteiger partial charge >= 0.3 is 0 Å². The minimum absolute atomic E-state index is 0.160. The zero-order chi connectivity index (χ0) is 15.0. The first-order valence-corrected chi connectivity index (χ1v) is 7.20. The third kappa shape index (κ3) is 6.02. The number of anilines is 1. The van der Waals surface area contributed by atoms with E-state index in [-0.39, 0.29) is 5.91 Å². The molecule has 0 aliphatic heterocycles. The van der Waals surface area contributed by atoms with E-state index in [1.165, 1.54) is 0 Å². The third-order valence-corrected chi connectivity index (χ3v) is 3.27. The minimum Gasteiger partial charge on any atom is -0.393 e. The fraction of sp³-hybridized carbons (Fsp3) is 0.467. The Balaban J connectivity index is 2.55. The summed E-state index contributed by atoms with van der Waals surface area (Å²) in [7, 11) is 3.56. The molecule has 0 heterocycles. The zero-order valence-corrected chi connectivity index (χ0v) is 13.0. The van der Waals surface area contributed by atoms with Crippen molar-refractivity contribution in [3.63, 3.8) is 0 Å². The van der Waals surface area contributed by atoms with E-state index in [2.05, 4.69) is 17.0 Å². The number of para-hydroxylation sites is 1.